The van der Waals surface area contributed by atoms with Crippen LogP contribution in [0.25, 0.3) is 0 Å². The smallest absolute Gasteiger partial charge is 0.274 e. The van der Waals surface area contributed by atoms with E-state index in [0.29, 0.717) is 11.4 Å². The van der Waals surface area contributed by atoms with E-state index in [0.717, 1.165) is 12.1 Å². The summed E-state index contributed by atoms with van der Waals surface area (Å²) in [5.74, 6) is -1.98. The van der Waals surface area contributed by atoms with Crippen molar-refractivity contribution in [3.05, 3.63) is 71.7 Å². The molecule has 0 aliphatic carbocycles. The molecule has 0 saturated heterocycles. The zero-order valence-corrected chi connectivity index (χ0v) is 15.6. The van der Waals surface area contributed by atoms with Crippen LogP contribution in [0.2, 0.25) is 0 Å². The number of halogens is 2. The minimum atomic E-state index is -0.786. The predicted molar refractivity (Wildman–Crippen MR) is 105 cm³/mol. The Kier molecular flexibility index (Phi) is 5.77. The van der Waals surface area contributed by atoms with Gasteiger partial charge in [0.25, 0.3) is 5.91 Å². The molecule has 9 heteroatoms. The number of amides is 2. The van der Waals surface area contributed by atoms with Crippen LogP contribution in [0.3, 0.4) is 0 Å². The van der Waals surface area contributed by atoms with E-state index >= 15 is 0 Å². The first kappa shape index (κ1) is 19.9. The molecule has 0 bridgehead atoms. The van der Waals surface area contributed by atoms with Gasteiger partial charge < -0.3 is 16.0 Å². The van der Waals surface area contributed by atoms with Gasteiger partial charge in [0.2, 0.25) is 5.91 Å². The van der Waals surface area contributed by atoms with E-state index in [-0.39, 0.29) is 28.9 Å². The average molecular weight is 397 g/mol. The van der Waals surface area contributed by atoms with Crippen molar-refractivity contribution in [1.82, 2.24) is 9.97 Å². The molecule has 1 aromatic heterocycles. The summed E-state index contributed by atoms with van der Waals surface area (Å²) in [7, 11) is 0. The number of hydrogen-bond donors (Lipinski definition) is 3. The zero-order valence-electron chi connectivity index (χ0n) is 15.6. The summed E-state index contributed by atoms with van der Waals surface area (Å²) in [6.07, 6.45) is 0. The minimum Gasteiger partial charge on any atom is -0.335 e. The second-order valence-electron chi connectivity index (χ2n) is 6.12. The van der Waals surface area contributed by atoms with Gasteiger partial charge in [-0.2, -0.15) is 0 Å². The molecule has 0 aliphatic rings. The maximum atomic E-state index is 13.8. The molecule has 0 unspecified atom stereocenters. The van der Waals surface area contributed by atoms with Gasteiger partial charge in [-0.1, -0.05) is 6.07 Å². The highest BCUT2D eigenvalue weighted by molar-refractivity contribution is 6.03. The molecule has 0 atom stereocenters. The van der Waals surface area contributed by atoms with Crippen LogP contribution >= 0.6 is 0 Å². The number of para-hydroxylation sites is 1. The fourth-order valence-electron chi connectivity index (χ4n) is 2.53. The number of aromatic nitrogens is 2. The summed E-state index contributed by atoms with van der Waals surface area (Å²) in [5.41, 5.74) is 0.718. The standard InChI is InChI=1S/C20H17F2N5O2/c1-11-23-17(10-18(24-11)27-19-15(21)4-3-5-16(19)22)20(29)26-14-8-6-13(7-9-14)25-12(2)28/h3-10H,1-2H3,(H,25,28)(H,26,29)(H,23,24,27). The maximum absolute atomic E-state index is 13.8. The SMILES string of the molecule is CC(=O)Nc1ccc(NC(=O)c2cc(Nc3c(F)cccc3F)nc(C)n2)cc1. The van der Waals surface area contributed by atoms with E-state index in [4.69, 9.17) is 0 Å². The van der Waals surface area contributed by atoms with E-state index in [1.807, 2.05) is 0 Å². The predicted octanol–water partition coefficient (Wildman–Crippen LogP) is 4.02. The van der Waals surface area contributed by atoms with Crippen LogP contribution < -0.4 is 16.0 Å². The van der Waals surface area contributed by atoms with Crippen molar-refractivity contribution in [2.24, 2.45) is 0 Å². The molecular weight excluding hydrogens is 380 g/mol. The lowest BCUT2D eigenvalue weighted by Crippen LogP contribution is -2.15. The number of aryl methyl sites for hydroxylation is 1. The number of nitrogens with one attached hydrogen (secondary N) is 3. The third kappa shape index (κ3) is 5.10. The number of carbonyl (C=O) groups excluding carboxylic acids is 2. The Balaban J connectivity index is 1.78. The van der Waals surface area contributed by atoms with E-state index in [1.54, 1.807) is 31.2 Å². The molecule has 148 valence electrons. The summed E-state index contributed by atoms with van der Waals surface area (Å²) in [5, 5.41) is 7.83. The molecule has 29 heavy (non-hydrogen) atoms. The molecular formula is C20H17F2N5O2. The minimum absolute atomic E-state index is 0.0164. The molecule has 1 heterocycles. The van der Waals surface area contributed by atoms with E-state index in [2.05, 4.69) is 25.9 Å². The molecule has 3 N–H and O–H groups in total. The highest BCUT2D eigenvalue weighted by Gasteiger charge is 2.14. The second kappa shape index (κ2) is 8.42. The largest absolute Gasteiger partial charge is 0.335 e. The quantitative estimate of drug-likeness (QED) is 0.604. The number of anilines is 4. The Labute approximate surface area is 165 Å². The van der Waals surface area contributed by atoms with Crippen molar-refractivity contribution in [3.8, 4) is 0 Å². The lowest BCUT2D eigenvalue weighted by atomic mass is 10.2. The van der Waals surface area contributed by atoms with Crippen LogP contribution in [0, 0.1) is 18.6 Å². The van der Waals surface area contributed by atoms with Crippen LogP contribution in [-0.4, -0.2) is 21.8 Å². The van der Waals surface area contributed by atoms with Crippen LogP contribution in [-0.2, 0) is 4.79 Å². The van der Waals surface area contributed by atoms with Crippen molar-refractivity contribution in [2.75, 3.05) is 16.0 Å². The molecule has 0 saturated carbocycles. The number of carbonyl (C=O) groups is 2. The lowest BCUT2D eigenvalue weighted by Gasteiger charge is -2.11. The maximum Gasteiger partial charge on any atom is 0.274 e. The highest BCUT2D eigenvalue weighted by Crippen LogP contribution is 2.23. The van der Waals surface area contributed by atoms with Gasteiger partial charge in [0.1, 0.15) is 34.7 Å². The molecule has 0 aliphatic heterocycles. The Hall–Kier alpha value is -3.88. The van der Waals surface area contributed by atoms with Crippen LogP contribution in [0.5, 0.6) is 0 Å². The van der Waals surface area contributed by atoms with Crippen molar-refractivity contribution >= 4 is 34.7 Å². The van der Waals surface area contributed by atoms with Gasteiger partial charge in [-0.3, -0.25) is 9.59 Å². The van der Waals surface area contributed by atoms with Gasteiger partial charge in [-0.05, 0) is 43.3 Å². The second-order valence-corrected chi connectivity index (χ2v) is 6.12. The third-order valence-electron chi connectivity index (χ3n) is 3.75. The van der Waals surface area contributed by atoms with Crippen molar-refractivity contribution in [2.45, 2.75) is 13.8 Å². The Morgan fingerprint density at radius 1 is 0.897 bits per heavy atom. The molecule has 7 nitrogen and oxygen atoms in total. The molecule has 2 amide bonds. The van der Waals surface area contributed by atoms with Crippen molar-refractivity contribution in [1.29, 1.82) is 0 Å². The monoisotopic (exact) mass is 397 g/mol. The molecule has 0 fully saturated rings. The first-order valence-corrected chi connectivity index (χ1v) is 8.57. The van der Waals surface area contributed by atoms with Gasteiger partial charge in [0.05, 0.1) is 0 Å². The van der Waals surface area contributed by atoms with Crippen molar-refractivity contribution in [3.63, 3.8) is 0 Å². The van der Waals surface area contributed by atoms with Gasteiger partial charge in [0.15, 0.2) is 0 Å². The first-order chi connectivity index (χ1) is 13.8. The van der Waals surface area contributed by atoms with Crippen LogP contribution in [0.15, 0.2) is 48.5 Å². The lowest BCUT2D eigenvalue weighted by molar-refractivity contribution is -0.114. The van der Waals surface area contributed by atoms with E-state index in [9.17, 15) is 18.4 Å². The number of hydrogen-bond acceptors (Lipinski definition) is 5. The summed E-state index contributed by atoms with van der Waals surface area (Å²) in [6.45, 7) is 2.95. The third-order valence-corrected chi connectivity index (χ3v) is 3.75. The van der Waals surface area contributed by atoms with Gasteiger partial charge in [-0.25, -0.2) is 18.7 Å². The number of benzene rings is 2. The molecule has 0 spiro atoms. The Bertz CT molecular complexity index is 1050. The molecule has 2 aromatic carbocycles. The molecule has 3 rings (SSSR count). The first-order valence-electron chi connectivity index (χ1n) is 8.57. The molecule has 3 aromatic rings. The normalized spacial score (nSPS) is 10.3. The summed E-state index contributed by atoms with van der Waals surface area (Å²) in [4.78, 5) is 31.7. The summed E-state index contributed by atoms with van der Waals surface area (Å²) >= 11 is 0. The zero-order chi connectivity index (χ0) is 21.0. The van der Waals surface area contributed by atoms with Gasteiger partial charge >= 0.3 is 0 Å². The fraction of sp³-hybridized carbons (Fsp3) is 0.100. The summed E-state index contributed by atoms with van der Waals surface area (Å²) in [6, 6.07) is 11.3. The highest BCUT2D eigenvalue weighted by atomic mass is 19.1. The van der Waals surface area contributed by atoms with E-state index < -0.39 is 17.5 Å². The van der Waals surface area contributed by atoms with Crippen molar-refractivity contribution < 1.29 is 18.4 Å². The number of nitrogens with zero attached hydrogens (tertiary/aromatic N) is 2. The Morgan fingerprint density at radius 2 is 1.48 bits per heavy atom. The van der Waals surface area contributed by atoms with Crippen LogP contribution in [0.1, 0.15) is 23.2 Å². The topological polar surface area (TPSA) is 96.0 Å². The summed E-state index contributed by atoms with van der Waals surface area (Å²) < 4.78 is 27.7. The Morgan fingerprint density at radius 3 is 2.07 bits per heavy atom. The average Bonchev–Trinajstić information content (AvgIpc) is 2.65. The van der Waals surface area contributed by atoms with Gasteiger partial charge in [-0.15, -0.1) is 0 Å². The van der Waals surface area contributed by atoms with E-state index in [1.165, 1.54) is 19.1 Å². The molecule has 0 radical (unpaired) electrons. The van der Waals surface area contributed by atoms with Gasteiger partial charge in [0, 0.05) is 24.4 Å². The number of rotatable bonds is 5. The fourth-order valence-corrected chi connectivity index (χ4v) is 2.53. The van der Waals surface area contributed by atoms with Crippen LogP contribution in [0.4, 0.5) is 31.7 Å².